The molecule has 0 aromatic heterocycles. The highest BCUT2D eigenvalue weighted by molar-refractivity contribution is 6.76. The van der Waals surface area contributed by atoms with Gasteiger partial charge in [-0.2, -0.15) is 0 Å². The van der Waals surface area contributed by atoms with Crippen LogP contribution in [0.2, 0.25) is 13.1 Å². The van der Waals surface area contributed by atoms with E-state index in [1.165, 1.54) is 0 Å². The van der Waals surface area contributed by atoms with Crippen LogP contribution in [0, 0.1) is 5.41 Å². The smallest absolute Gasteiger partial charge is 0.210 e. The highest BCUT2D eigenvalue weighted by Crippen LogP contribution is 2.14. The largest absolute Gasteiger partial charge is 0.410 e. The minimum absolute atomic E-state index is 0.250. The average molecular weight is 224 g/mol. The summed E-state index contributed by atoms with van der Waals surface area (Å²) in [5.74, 6) is 0. The molecule has 0 amide bonds. The van der Waals surface area contributed by atoms with Crippen molar-refractivity contribution in [1.29, 1.82) is 0 Å². The zero-order valence-electron chi connectivity index (χ0n) is 10.7. The lowest BCUT2D eigenvalue weighted by atomic mass is 9.96. The number of allylic oxidation sites excluding steroid dienone is 3. The number of rotatable bonds is 5. The average Bonchev–Trinajstić information content (AvgIpc) is 2.09. The molecule has 0 aliphatic rings. The molecule has 0 fully saturated rings. The van der Waals surface area contributed by atoms with Gasteiger partial charge in [0.2, 0.25) is 8.32 Å². The molecule has 0 aliphatic carbocycles. The van der Waals surface area contributed by atoms with Gasteiger partial charge in [0.05, 0.1) is 6.61 Å². The fourth-order valence-electron chi connectivity index (χ4n) is 0.800. The predicted octanol–water partition coefficient (Wildman–Crippen LogP) is 4.09. The number of hydrogen-bond acceptors (Lipinski definition) is 1. The lowest BCUT2D eigenvalue weighted by Crippen LogP contribution is -2.27. The van der Waals surface area contributed by atoms with Crippen LogP contribution < -0.4 is 0 Å². The third-order valence-electron chi connectivity index (χ3n) is 1.89. The van der Waals surface area contributed by atoms with E-state index in [1.54, 1.807) is 0 Å². The molecule has 0 saturated heterocycles. The summed E-state index contributed by atoms with van der Waals surface area (Å²) in [7, 11) is -1.59. The molecule has 2 heteroatoms. The molecule has 0 saturated carbocycles. The molecule has 0 bridgehead atoms. The maximum atomic E-state index is 5.71. The quantitative estimate of drug-likeness (QED) is 0.505. The van der Waals surface area contributed by atoms with Crippen LogP contribution in [0.3, 0.4) is 0 Å². The lowest BCUT2D eigenvalue weighted by Gasteiger charge is -2.16. The van der Waals surface area contributed by atoms with Crippen LogP contribution in [-0.4, -0.2) is 14.9 Å². The van der Waals surface area contributed by atoms with Crippen LogP contribution in [-0.2, 0) is 4.43 Å². The second kappa shape index (κ2) is 6.08. The van der Waals surface area contributed by atoms with Crippen molar-refractivity contribution in [3.63, 3.8) is 0 Å². The first-order valence-electron chi connectivity index (χ1n) is 5.39. The Labute approximate surface area is 95.7 Å². The highest BCUT2D eigenvalue weighted by Gasteiger charge is 2.15. The van der Waals surface area contributed by atoms with Crippen molar-refractivity contribution in [3.8, 4) is 0 Å². The molecule has 0 N–H and O–H groups in total. The summed E-state index contributed by atoms with van der Waals surface area (Å²) in [4.78, 5) is 0. The van der Waals surface area contributed by atoms with Gasteiger partial charge in [0.1, 0.15) is 0 Å². The van der Waals surface area contributed by atoms with E-state index in [-0.39, 0.29) is 5.41 Å². The normalized spacial score (nSPS) is 13.9. The maximum absolute atomic E-state index is 5.71. The molecule has 86 valence electrons. The topological polar surface area (TPSA) is 9.23 Å². The van der Waals surface area contributed by atoms with E-state index in [1.807, 2.05) is 17.9 Å². The second-order valence-corrected chi connectivity index (χ2v) is 9.18. The molecule has 0 heterocycles. The van der Waals surface area contributed by atoms with Crippen molar-refractivity contribution in [1.82, 2.24) is 0 Å². The van der Waals surface area contributed by atoms with Gasteiger partial charge in [-0.15, -0.1) is 6.58 Å². The van der Waals surface area contributed by atoms with Gasteiger partial charge in [-0.3, -0.25) is 0 Å². The standard InChI is InChI=1S/C13H24OSi/c1-7-15(5,6)14-12-10-8-9-11-13(2,3)4/h7-11H,1,12H2,2-6H3/b10-8+,11-9+. The first kappa shape index (κ1) is 14.4. The van der Waals surface area contributed by atoms with Crippen molar-refractivity contribution < 1.29 is 4.43 Å². The Morgan fingerprint density at radius 1 is 1.20 bits per heavy atom. The third kappa shape index (κ3) is 9.70. The first-order valence-corrected chi connectivity index (χ1v) is 8.37. The summed E-state index contributed by atoms with van der Waals surface area (Å²) < 4.78 is 5.71. The molecule has 0 aliphatic heterocycles. The van der Waals surface area contributed by atoms with E-state index >= 15 is 0 Å². The SMILES string of the molecule is C=C[Si](C)(C)OC/C=C/C=C/C(C)(C)C. The van der Waals surface area contributed by atoms with Gasteiger partial charge >= 0.3 is 0 Å². The monoisotopic (exact) mass is 224 g/mol. The highest BCUT2D eigenvalue weighted by atomic mass is 28.4. The summed E-state index contributed by atoms with van der Waals surface area (Å²) in [5, 5.41) is 0. The fourth-order valence-corrected chi connectivity index (χ4v) is 1.44. The van der Waals surface area contributed by atoms with E-state index in [2.05, 4.69) is 52.6 Å². The molecule has 0 rings (SSSR count). The van der Waals surface area contributed by atoms with E-state index in [0.29, 0.717) is 6.61 Å². The maximum Gasteiger partial charge on any atom is 0.210 e. The van der Waals surface area contributed by atoms with Crippen molar-refractivity contribution in [2.75, 3.05) is 6.61 Å². The van der Waals surface area contributed by atoms with Gasteiger partial charge in [-0.05, 0) is 18.5 Å². The molecule has 0 unspecified atom stereocenters. The summed E-state index contributed by atoms with van der Waals surface area (Å²) >= 11 is 0. The van der Waals surface area contributed by atoms with E-state index in [4.69, 9.17) is 4.43 Å². The Kier molecular flexibility index (Phi) is 5.84. The van der Waals surface area contributed by atoms with E-state index in [9.17, 15) is 0 Å². The van der Waals surface area contributed by atoms with Crippen LogP contribution in [0.5, 0.6) is 0 Å². The molecular formula is C13H24OSi. The van der Waals surface area contributed by atoms with Gasteiger partial charge in [0.25, 0.3) is 0 Å². The van der Waals surface area contributed by atoms with Crippen molar-refractivity contribution >= 4 is 8.32 Å². The first-order chi connectivity index (χ1) is 6.77. The van der Waals surface area contributed by atoms with Gasteiger partial charge in [-0.1, -0.05) is 50.8 Å². The second-order valence-electron chi connectivity index (χ2n) is 5.27. The molecule has 15 heavy (non-hydrogen) atoms. The van der Waals surface area contributed by atoms with Crippen LogP contribution in [0.25, 0.3) is 0 Å². The Morgan fingerprint density at radius 3 is 2.27 bits per heavy atom. The van der Waals surface area contributed by atoms with Crippen molar-refractivity contribution in [2.45, 2.75) is 33.9 Å². The summed E-state index contributed by atoms with van der Waals surface area (Å²) in [6.45, 7) is 15.3. The van der Waals surface area contributed by atoms with Gasteiger partial charge in [-0.25, -0.2) is 0 Å². The van der Waals surface area contributed by atoms with Gasteiger partial charge in [0, 0.05) is 0 Å². The van der Waals surface area contributed by atoms with Crippen LogP contribution in [0.1, 0.15) is 20.8 Å². The van der Waals surface area contributed by atoms with E-state index < -0.39 is 8.32 Å². The molecule has 0 aromatic carbocycles. The Bertz CT molecular complexity index is 244. The molecule has 1 nitrogen and oxygen atoms in total. The fraction of sp³-hybridized carbons (Fsp3) is 0.538. The zero-order valence-corrected chi connectivity index (χ0v) is 11.7. The molecule has 0 spiro atoms. The van der Waals surface area contributed by atoms with Gasteiger partial charge in [0.15, 0.2) is 0 Å². The molecule has 0 aromatic rings. The van der Waals surface area contributed by atoms with E-state index in [0.717, 1.165) is 0 Å². The minimum atomic E-state index is -1.59. The zero-order chi connectivity index (χ0) is 11.9. The van der Waals surface area contributed by atoms with Crippen molar-refractivity contribution in [3.05, 3.63) is 36.6 Å². The Morgan fingerprint density at radius 2 is 1.80 bits per heavy atom. The van der Waals surface area contributed by atoms with Crippen LogP contribution in [0.15, 0.2) is 36.6 Å². The summed E-state index contributed by atoms with van der Waals surface area (Å²) in [5.41, 5.74) is 2.20. The molecular weight excluding hydrogens is 200 g/mol. The Hall–Kier alpha value is -0.603. The lowest BCUT2D eigenvalue weighted by molar-refractivity contribution is 0.361. The minimum Gasteiger partial charge on any atom is -0.410 e. The summed E-state index contributed by atoms with van der Waals surface area (Å²) in [6.07, 6.45) is 8.34. The van der Waals surface area contributed by atoms with Gasteiger partial charge < -0.3 is 4.43 Å². The van der Waals surface area contributed by atoms with Crippen molar-refractivity contribution in [2.24, 2.45) is 5.41 Å². The Balaban J connectivity index is 3.83. The molecule has 0 radical (unpaired) electrons. The third-order valence-corrected chi connectivity index (χ3v) is 3.78. The van der Waals surface area contributed by atoms with Crippen LogP contribution >= 0.6 is 0 Å². The summed E-state index contributed by atoms with van der Waals surface area (Å²) in [6, 6.07) is 0. The predicted molar refractivity (Wildman–Crippen MR) is 71.4 cm³/mol. The molecule has 0 atom stereocenters. The van der Waals surface area contributed by atoms with Crippen LogP contribution in [0.4, 0.5) is 0 Å². The number of hydrogen-bond donors (Lipinski definition) is 0.